The molecule has 1 rings (SSSR count). The van der Waals surface area contributed by atoms with Crippen LogP contribution in [0.25, 0.3) is 0 Å². The van der Waals surface area contributed by atoms with Crippen LogP contribution in [-0.2, 0) is 0 Å². The maximum Gasteiger partial charge on any atom is 0.0294 e. The number of benzene rings is 1. The fourth-order valence-electron chi connectivity index (χ4n) is 2.82. The van der Waals surface area contributed by atoms with E-state index >= 15 is 0 Å². The van der Waals surface area contributed by atoms with E-state index in [2.05, 4.69) is 66.3 Å². The van der Waals surface area contributed by atoms with Gasteiger partial charge in [0.25, 0.3) is 0 Å². The summed E-state index contributed by atoms with van der Waals surface area (Å²) in [5, 5.41) is 3.86. The molecule has 0 radical (unpaired) electrons. The molecule has 1 aromatic carbocycles. The van der Waals surface area contributed by atoms with Crippen molar-refractivity contribution in [1.82, 2.24) is 5.32 Å². The molecule has 0 saturated heterocycles. The molecular formula is C19H32BrN. The van der Waals surface area contributed by atoms with E-state index in [0.717, 1.165) is 0 Å². The number of halogens is 1. The second-order valence-corrected chi connectivity index (χ2v) is 7.05. The number of rotatable bonds is 11. The van der Waals surface area contributed by atoms with Gasteiger partial charge in [-0.25, -0.2) is 0 Å². The van der Waals surface area contributed by atoms with E-state index in [4.69, 9.17) is 0 Å². The predicted octanol–water partition coefficient (Wildman–Crippen LogP) is 6.63. The maximum atomic E-state index is 3.86. The normalized spacial score (nSPS) is 12.8. The topological polar surface area (TPSA) is 12.0 Å². The molecule has 0 amide bonds. The standard InChI is InChI=1S/C19H32BrN/c1-4-6-8-13-19(14-9-7-5-2)21-16(3)17-11-10-12-18(20)15-17/h10-12,15-16,19,21H,4-9,13-14H2,1-3H3. The van der Waals surface area contributed by atoms with Gasteiger partial charge < -0.3 is 5.32 Å². The lowest BCUT2D eigenvalue weighted by Crippen LogP contribution is -2.31. The van der Waals surface area contributed by atoms with Crippen LogP contribution >= 0.6 is 15.9 Å². The Morgan fingerprint density at radius 1 is 1.00 bits per heavy atom. The van der Waals surface area contributed by atoms with Gasteiger partial charge in [0.2, 0.25) is 0 Å². The third kappa shape index (κ3) is 8.01. The van der Waals surface area contributed by atoms with Crippen molar-refractivity contribution in [3.8, 4) is 0 Å². The Hall–Kier alpha value is -0.340. The Bertz CT molecular complexity index is 368. The van der Waals surface area contributed by atoms with Gasteiger partial charge in [-0.05, 0) is 37.5 Å². The van der Waals surface area contributed by atoms with E-state index in [1.807, 2.05) is 0 Å². The van der Waals surface area contributed by atoms with Crippen LogP contribution in [0.5, 0.6) is 0 Å². The first-order chi connectivity index (χ1) is 10.2. The molecule has 1 N–H and O–H groups in total. The molecule has 0 aliphatic heterocycles. The van der Waals surface area contributed by atoms with Crippen LogP contribution in [-0.4, -0.2) is 6.04 Å². The van der Waals surface area contributed by atoms with E-state index in [-0.39, 0.29) is 0 Å². The maximum absolute atomic E-state index is 3.86. The molecule has 1 nitrogen and oxygen atoms in total. The minimum absolute atomic E-state index is 0.427. The summed E-state index contributed by atoms with van der Waals surface area (Å²) in [6, 6.07) is 9.76. The Balaban J connectivity index is 2.52. The highest BCUT2D eigenvalue weighted by Crippen LogP contribution is 2.20. The van der Waals surface area contributed by atoms with Gasteiger partial charge in [0, 0.05) is 16.6 Å². The first-order valence-corrected chi connectivity index (χ1v) is 9.48. The summed E-state index contributed by atoms with van der Waals surface area (Å²) in [4.78, 5) is 0. The summed E-state index contributed by atoms with van der Waals surface area (Å²) in [6.45, 7) is 6.85. The number of hydrogen-bond donors (Lipinski definition) is 1. The number of unbranched alkanes of at least 4 members (excludes halogenated alkanes) is 4. The van der Waals surface area contributed by atoms with Crippen molar-refractivity contribution >= 4 is 15.9 Å². The minimum atomic E-state index is 0.427. The average Bonchev–Trinajstić information content (AvgIpc) is 2.47. The highest BCUT2D eigenvalue weighted by molar-refractivity contribution is 9.10. The largest absolute Gasteiger partial charge is 0.307 e. The SMILES string of the molecule is CCCCCC(CCCCC)NC(C)c1cccc(Br)c1. The lowest BCUT2D eigenvalue weighted by Gasteiger charge is -2.24. The van der Waals surface area contributed by atoms with Gasteiger partial charge in [0.15, 0.2) is 0 Å². The molecule has 120 valence electrons. The molecule has 1 aromatic rings. The summed E-state index contributed by atoms with van der Waals surface area (Å²) in [6.07, 6.45) is 10.7. The molecule has 1 unspecified atom stereocenters. The van der Waals surface area contributed by atoms with E-state index < -0.39 is 0 Å². The second kappa shape index (κ2) is 11.3. The molecule has 0 heterocycles. The highest BCUT2D eigenvalue weighted by atomic mass is 79.9. The minimum Gasteiger partial charge on any atom is -0.307 e. The number of hydrogen-bond acceptors (Lipinski definition) is 1. The van der Waals surface area contributed by atoms with E-state index in [1.54, 1.807) is 0 Å². The first kappa shape index (κ1) is 18.7. The molecule has 0 bridgehead atoms. The molecular weight excluding hydrogens is 322 g/mol. The van der Waals surface area contributed by atoms with Gasteiger partial charge in [0.05, 0.1) is 0 Å². The van der Waals surface area contributed by atoms with Crippen molar-refractivity contribution in [1.29, 1.82) is 0 Å². The summed E-state index contributed by atoms with van der Waals surface area (Å²) in [5.41, 5.74) is 1.38. The second-order valence-electron chi connectivity index (χ2n) is 6.13. The summed E-state index contributed by atoms with van der Waals surface area (Å²) in [5.74, 6) is 0. The molecule has 0 aliphatic rings. The molecule has 0 fully saturated rings. The Kier molecular flexibility index (Phi) is 10.0. The van der Waals surface area contributed by atoms with Crippen molar-refractivity contribution in [2.75, 3.05) is 0 Å². The molecule has 2 heteroatoms. The third-order valence-electron chi connectivity index (χ3n) is 4.15. The van der Waals surface area contributed by atoms with Gasteiger partial charge in [-0.1, -0.05) is 80.4 Å². The van der Waals surface area contributed by atoms with E-state index in [1.165, 1.54) is 61.4 Å². The van der Waals surface area contributed by atoms with Gasteiger partial charge in [-0.3, -0.25) is 0 Å². The average molecular weight is 354 g/mol. The Morgan fingerprint density at radius 2 is 1.62 bits per heavy atom. The lowest BCUT2D eigenvalue weighted by molar-refractivity contribution is 0.384. The van der Waals surface area contributed by atoms with Crippen molar-refractivity contribution in [3.63, 3.8) is 0 Å². The van der Waals surface area contributed by atoms with Gasteiger partial charge in [0.1, 0.15) is 0 Å². The van der Waals surface area contributed by atoms with Crippen LogP contribution < -0.4 is 5.32 Å². The molecule has 0 aromatic heterocycles. The summed E-state index contributed by atoms with van der Waals surface area (Å²) < 4.78 is 1.17. The predicted molar refractivity (Wildman–Crippen MR) is 97.8 cm³/mol. The smallest absolute Gasteiger partial charge is 0.0294 e. The fraction of sp³-hybridized carbons (Fsp3) is 0.684. The molecule has 21 heavy (non-hydrogen) atoms. The summed E-state index contributed by atoms with van der Waals surface area (Å²) >= 11 is 3.57. The zero-order valence-electron chi connectivity index (χ0n) is 14.0. The lowest BCUT2D eigenvalue weighted by atomic mass is 9.99. The van der Waals surface area contributed by atoms with Crippen LogP contribution in [0.2, 0.25) is 0 Å². The fourth-order valence-corrected chi connectivity index (χ4v) is 3.24. The van der Waals surface area contributed by atoms with Crippen molar-refractivity contribution < 1.29 is 0 Å². The van der Waals surface area contributed by atoms with Crippen molar-refractivity contribution in [2.24, 2.45) is 0 Å². The van der Waals surface area contributed by atoms with Crippen molar-refractivity contribution in [3.05, 3.63) is 34.3 Å². The summed E-state index contributed by atoms with van der Waals surface area (Å²) in [7, 11) is 0. The monoisotopic (exact) mass is 353 g/mol. The Morgan fingerprint density at radius 3 is 2.14 bits per heavy atom. The quantitative estimate of drug-likeness (QED) is 0.440. The number of nitrogens with one attached hydrogen (secondary N) is 1. The van der Waals surface area contributed by atoms with E-state index in [0.29, 0.717) is 12.1 Å². The molecule has 1 atom stereocenters. The molecule has 0 aliphatic carbocycles. The molecule has 0 spiro atoms. The van der Waals surface area contributed by atoms with Crippen LogP contribution in [0.1, 0.15) is 83.7 Å². The van der Waals surface area contributed by atoms with Crippen LogP contribution in [0, 0.1) is 0 Å². The molecule has 0 saturated carbocycles. The Labute approximate surface area is 140 Å². The zero-order valence-corrected chi connectivity index (χ0v) is 15.6. The van der Waals surface area contributed by atoms with E-state index in [9.17, 15) is 0 Å². The zero-order chi connectivity index (χ0) is 15.5. The van der Waals surface area contributed by atoms with Crippen LogP contribution in [0.3, 0.4) is 0 Å². The van der Waals surface area contributed by atoms with Crippen LogP contribution in [0.4, 0.5) is 0 Å². The highest BCUT2D eigenvalue weighted by Gasteiger charge is 2.13. The van der Waals surface area contributed by atoms with Gasteiger partial charge in [-0.2, -0.15) is 0 Å². The first-order valence-electron chi connectivity index (χ1n) is 8.68. The van der Waals surface area contributed by atoms with Gasteiger partial charge >= 0.3 is 0 Å². The third-order valence-corrected chi connectivity index (χ3v) is 4.64. The van der Waals surface area contributed by atoms with Gasteiger partial charge in [-0.15, -0.1) is 0 Å². The van der Waals surface area contributed by atoms with Crippen LogP contribution in [0.15, 0.2) is 28.7 Å². The van der Waals surface area contributed by atoms with Crippen molar-refractivity contribution in [2.45, 2.75) is 84.2 Å².